The first-order chi connectivity index (χ1) is 68.3. The molecule has 0 fully saturated rings. The minimum absolute atomic E-state index is 0.159. The quantitative estimate of drug-likeness (QED) is 0.0592. The summed E-state index contributed by atoms with van der Waals surface area (Å²) in [5.74, 6) is 0. The van der Waals surface area contributed by atoms with Gasteiger partial charge in [0.05, 0.1) is 28.1 Å². The average Bonchev–Trinajstić information content (AvgIpc) is 0.929. The molecular weight excluding hydrogens is 1710 g/mol. The molecule has 0 saturated heterocycles. The lowest BCUT2D eigenvalue weighted by Crippen LogP contribution is -2.75. The summed E-state index contributed by atoms with van der Waals surface area (Å²) in [4.78, 5) is 12.9. The largest absolute Gasteiger partial charge is 0.311 e. The summed E-state index contributed by atoms with van der Waals surface area (Å²) in [7, 11) is -6.06. The third-order valence-corrected chi connectivity index (χ3v) is 40.0. The average molecular weight is 1810 g/mol. The number of aromatic nitrogens is 1. The van der Waals surface area contributed by atoms with Crippen LogP contribution in [0.1, 0.15) is 52.8 Å². The molecule has 20 aromatic carbocycles. The first kappa shape index (κ1) is 84.5. The summed E-state index contributed by atoms with van der Waals surface area (Å²) < 4.78 is 2.61. The number of para-hydroxylation sites is 6. The van der Waals surface area contributed by atoms with Gasteiger partial charge in [0.1, 0.15) is 0 Å². The first-order valence-electron chi connectivity index (χ1n) is 48.9. The zero-order chi connectivity index (χ0) is 93.4. The van der Waals surface area contributed by atoms with Gasteiger partial charge in [0.25, 0.3) is 13.4 Å². The molecule has 0 atom stereocenters. The fourth-order valence-corrected chi connectivity index (χ4v) is 34.0. The predicted octanol–water partition coefficient (Wildman–Crippen LogP) is 23.2. The Morgan fingerprint density at radius 3 is 1.20 bits per heavy atom. The molecule has 0 unspecified atom stereocenters. The molecule has 0 spiro atoms. The minimum Gasteiger partial charge on any atom is -0.311 e. The summed E-state index contributed by atoms with van der Waals surface area (Å²) in [6, 6.07) is 183. The van der Waals surface area contributed by atoms with Crippen LogP contribution in [0.4, 0.5) is 85.3 Å². The molecular formula is C129H102B2N6Si2. The monoisotopic (exact) mass is 1810 g/mol. The Morgan fingerprint density at radius 2 is 0.647 bits per heavy atom. The SMILES string of the molecule is Cc1ccc(N2c3ccc(C)cc3B3c4cc(C(C)(C)Cc5cccc6c5c5ccccc5n6-c5cc6c7c(c5)N(c5c(C)cccc5C)c5ccc([Si](c8ccccc8)(c8ccccc8)c8ccccc8)cc5B7c5ccccc5N6c5ccccc5)ccc4N(c4ccc([Si](c5ccccc5)(c5ccccc5)c5ccccc5)cc4C)c4cc(N(c5ccccc5)c5ccccc5)cc2c43)cc1. The van der Waals surface area contributed by atoms with Crippen LogP contribution in [0.25, 0.3) is 27.5 Å². The Labute approximate surface area is 818 Å². The van der Waals surface area contributed by atoms with E-state index >= 15 is 0 Å². The molecule has 0 aliphatic carbocycles. The van der Waals surface area contributed by atoms with Crippen LogP contribution in [0, 0.1) is 34.6 Å². The van der Waals surface area contributed by atoms with Gasteiger partial charge in [-0.1, -0.05) is 389 Å². The third kappa shape index (κ3) is 13.6. The summed E-state index contributed by atoms with van der Waals surface area (Å²) in [6.45, 7) is 16.1. The molecule has 0 N–H and O–H groups in total. The number of hydrogen-bond donors (Lipinski definition) is 0. The Balaban J connectivity index is 0.691. The normalized spacial score (nSPS) is 12.9. The van der Waals surface area contributed by atoms with E-state index in [0.717, 1.165) is 85.7 Å². The van der Waals surface area contributed by atoms with Crippen LogP contribution in [-0.2, 0) is 11.8 Å². The van der Waals surface area contributed by atoms with Crippen molar-refractivity contribution in [3.05, 3.63) is 518 Å². The second-order valence-electron chi connectivity index (χ2n) is 39.0. The fourth-order valence-electron chi connectivity index (χ4n) is 24.4. The highest BCUT2D eigenvalue weighted by Gasteiger charge is 2.51. The highest BCUT2D eigenvalue weighted by molar-refractivity contribution is 7.21. The van der Waals surface area contributed by atoms with Crippen LogP contribution in [0.2, 0.25) is 0 Å². The summed E-state index contributed by atoms with van der Waals surface area (Å²) in [5, 5.41) is 13.2. The molecule has 25 rings (SSSR count). The lowest BCUT2D eigenvalue weighted by Gasteiger charge is -2.46. The van der Waals surface area contributed by atoms with Crippen molar-refractivity contribution < 1.29 is 0 Å². The topological polar surface area (TPSA) is 21.1 Å². The van der Waals surface area contributed by atoms with Crippen molar-refractivity contribution in [2.75, 3.05) is 24.5 Å². The maximum Gasteiger partial charge on any atom is 0.252 e. The molecule has 1 aromatic heterocycles. The Kier molecular flexibility index (Phi) is 20.6. The summed E-state index contributed by atoms with van der Waals surface area (Å²) in [6.07, 6.45) is 0.747. The number of benzene rings is 20. The highest BCUT2D eigenvalue weighted by atomic mass is 28.3. The van der Waals surface area contributed by atoms with Crippen molar-refractivity contribution in [2.45, 2.75) is 60.3 Å². The molecule has 0 radical (unpaired) electrons. The van der Waals surface area contributed by atoms with E-state index in [2.05, 4.69) is 557 Å². The van der Waals surface area contributed by atoms with Gasteiger partial charge in [-0.05, 0) is 264 Å². The van der Waals surface area contributed by atoms with E-state index < -0.39 is 21.6 Å². The Bertz CT molecular complexity index is 8080. The lowest BCUT2D eigenvalue weighted by molar-refractivity contribution is 0.525. The molecule has 6 nitrogen and oxygen atoms in total. The molecule has 4 aliphatic heterocycles. The van der Waals surface area contributed by atoms with Crippen LogP contribution in [0.3, 0.4) is 0 Å². The van der Waals surface area contributed by atoms with E-state index in [-0.39, 0.29) is 13.4 Å². The van der Waals surface area contributed by atoms with E-state index in [1.807, 2.05) is 0 Å². The molecule has 5 heterocycles. The van der Waals surface area contributed by atoms with Gasteiger partial charge in [0, 0.05) is 84.7 Å². The molecule has 139 heavy (non-hydrogen) atoms. The molecule has 0 bridgehead atoms. The molecule has 0 amide bonds. The van der Waals surface area contributed by atoms with Crippen molar-refractivity contribution in [1.82, 2.24) is 4.57 Å². The van der Waals surface area contributed by atoms with E-state index in [1.54, 1.807) is 0 Å². The van der Waals surface area contributed by atoms with E-state index in [9.17, 15) is 0 Å². The van der Waals surface area contributed by atoms with Gasteiger partial charge in [-0.3, -0.25) is 0 Å². The van der Waals surface area contributed by atoms with Gasteiger partial charge in [-0.25, -0.2) is 0 Å². The van der Waals surface area contributed by atoms with Crippen LogP contribution in [-0.4, -0.2) is 34.1 Å². The van der Waals surface area contributed by atoms with Crippen molar-refractivity contribution in [3.63, 3.8) is 0 Å². The van der Waals surface area contributed by atoms with Crippen LogP contribution in [0.5, 0.6) is 0 Å². The lowest BCUT2D eigenvalue weighted by atomic mass is 9.33. The van der Waals surface area contributed by atoms with Crippen molar-refractivity contribution in [2.24, 2.45) is 0 Å². The second-order valence-corrected chi connectivity index (χ2v) is 46.6. The van der Waals surface area contributed by atoms with E-state index in [4.69, 9.17) is 0 Å². The van der Waals surface area contributed by atoms with Crippen molar-refractivity contribution in [3.8, 4) is 5.69 Å². The van der Waals surface area contributed by atoms with Gasteiger partial charge < -0.3 is 29.1 Å². The molecule has 21 aromatic rings. The standard InChI is InChI=1S/C129H102B2N6Si2/c1-88-67-71-98(72-68-88)134-117-75-69-89(2)79-111(117)131-112-81-94(70-76-118(112)136(123-83-99(82-121(134)126(123)131)132(95-44-17-8-18-45-95)96-46-19-9-20-47-96)114-77-73-107(80-92(114)5)138(101-50-23-11-24-51-101,102-52-25-12-26-53-102)103-54-27-13-28-55-103)129(6,7)87-93-43-40-66-120-125(93)109-62-35-37-64-115(109)135(120)100-84-122-127-124(85-100)137(128-90(3)41-39-42-91(128)4)119-78-74-108(86-113(119)130(127)110-63-36-38-65-116(110)133(122)97-48-21-10-22-49-97)139(104-56-29-14-30-57-104,105-58-31-15-32-59-105)106-60-33-16-34-61-106/h8-86H,87H2,1-7H3. The Morgan fingerprint density at radius 1 is 0.252 bits per heavy atom. The first-order valence-corrected chi connectivity index (χ1v) is 52.9. The van der Waals surface area contributed by atoms with Gasteiger partial charge in [0.15, 0.2) is 16.1 Å². The summed E-state index contributed by atoms with van der Waals surface area (Å²) >= 11 is 0. The predicted molar refractivity (Wildman–Crippen MR) is 598 cm³/mol. The Hall–Kier alpha value is -16.2. The highest BCUT2D eigenvalue weighted by Crippen LogP contribution is 2.53. The van der Waals surface area contributed by atoms with Gasteiger partial charge in [0.2, 0.25) is 0 Å². The number of fused-ring (bicyclic) bond motifs is 11. The van der Waals surface area contributed by atoms with Gasteiger partial charge in [-0.2, -0.15) is 0 Å². The minimum atomic E-state index is -3.06. The number of rotatable bonds is 19. The number of anilines is 15. The van der Waals surface area contributed by atoms with Crippen LogP contribution in [0.15, 0.2) is 479 Å². The smallest absolute Gasteiger partial charge is 0.252 e. The number of nitrogens with zero attached hydrogens (tertiary/aromatic N) is 6. The van der Waals surface area contributed by atoms with E-state index in [0.29, 0.717) is 0 Å². The maximum absolute atomic E-state index is 3.06. The van der Waals surface area contributed by atoms with Crippen LogP contribution < -0.4 is 98.8 Å². The van der Waals surface area contributed by atoms with Crippen molar-refractivity contribution >= 4 is 211 Å². The van der Waals surface area contributed by atoms with E-state index in [1.165, 1.54) is 147 Å². The molecule has 10 heteroatoms. The maximum atomic E-state index is 2.67. The second kappa shape index (κ2) is 33.9. The zero-order valence-corrected chi connectivity index (χ0v) is 81.2. The third-order valence-electron chi connectivity index (χ3n) is 30.4. The number of hydrogen-bond acceptors (Lipinski definition) is 5. The van der Waals surface area contributed by atoms with Crippen LogP contribution >= 0.6 is 0 Å². The van der Waals surface area contributed by atoms with Gasteiger partial charge >= 0.3 is 0 Å². The fraction of sp³-hybridized carbons (Fsp3) is 0.0698. The molecule has 662 valence electrons. The van der Waals surface area contributed by atoms with Gasteiger partial charge in [-0.15, -0.1) is 0 Å². The summed E-state index contributed by atoms with van der Waals surface area (Å²) in [5.41, 5.74) is 36.3. The van der Waals surface area contributed by atoms with Crippen molar-refractivity contribution in [1.29, 1.82) is 0 Å². The zero-order valence-electron chi connectivity index (χ0n) is 79.2. The number of aryl methyl sites for hydroxylation is 5. The molecule has 0 saturated carbocycles. The molecule has 4 aliphatic rings.